The number of hydrogen-bond donors (Lipinski definition) is 3. The number of nitrogens with one attached hydrogen (secondary N) is 1. The third-order valence-corrected chi connectivity index (χ3v) is 3.73. The van der Waals surface area contributed by atoms with Crippen LogP contribution in [0.3, 0.4) is 0 Å². The molecule has 0 spiro atoms. The van der Waals surface area contributed by atoms with Crippen molar-refractivity contribution in [1.29, 1.82) is 0 Å². The van der Waals surface area contributed by atoms with Crippen molar-refractivity contribution in [2.75, 3.05) is 13.2 Å². The Labute approximate surface area is 118 Å². The molecule has 0 amide bonds. The maximum absolute atomic E-state index is 8.84. The Morgan fingerprint density at radius 2 is 2.17 bits per heavy atom. The van der Waals surface area contributed by atoms with Crippen LogP contribution in [0.1, 0.15) is 36.9 Å². The average Bonchev–Trinajstić information content (AvgIpc) is 2.34. The van der Waals surface area contributed by atoms with Gasteiger partial charge in [0, 0.05) is 29.7 Å². The first-order chi connectivity index (χ1) is 8.58. The predicted octanol–water partition coefficient (Wildman–Crippen LogP) is 2.51. The summed E-state index contributed by atoms with van der Waals surface area (Å²) in [5.74, 6) is 0. The summed E-state index contributed by atoms with van der Waals surface area (Å²) in [7, 11) is 0. The summed E-state index contributed by atoms with van der Waals surface area (Å²) in [6.45, 7) is 5.00. The molecule has 3 nitrogen and oxygen atoms in total. The molecule has 2 unspecified atom stereocenters. The van der Waals surface area contributed by atoms with Gasteiger partial charge in [-0.1, -0.05) is 28.1 Å². The molecular weight excluding hydrogens is 292 g/mol. The van der Waals surface area contributed by atoms with Gasteiger partial charge in [-0.25, -0.2) is 0 Å². The first-order valence-electron chi connectivity index (χ1n) is 6.41. The lowest BCUT2D eigenvalue weighted by Gasteiger charge is -2.23. The van der Waals surface area contributed by atoms with Gasteiger partial charge in [-0.3, -0.25) is 0 Å². The SMILES string of the molecule is Cc1ccc(C(CN)NC(C)CCCO)c(Br)c1. The Bertz CT molecular complexity index is 371. The van der Waals surface area contributed by atoms with E-state index in [1.807, 2.05) is 0 Å². The molecule has 1 aromatic rings. The molecule has 0 aliphatic heterocycles. The molecule has 4 heteroatoms. The number of hydrogen-bond acceptors (Lipinski definition) is 3. The molecule has 4 N–H and O–H groups in total. The molecule has 0 radical (unpaired) electrons. The Balaban J connectivity index is 2.70. The standard InChI is InChI=1S/C14H23BrN2O/c1-10-5-6-12(13(15)8-10)14(9-16)17-11(2)4-3-7-18/h5-6,8,11,14,17-18H,3-4,7,9,16H2,1-2H3. The van der Waals surface area contributed by atoms with Crippen LogP contribution >= 0.6 is 15.9 Å². The van der Waals surface area contributed by atoms with Gasteiger partial charge in [0.15, 0.2) is 0 Å². The molecule has 0 aliphatic rings. The fourth-order valence-electron chi connectivity index (χ4n) is 2.02. The highest BCUT2D eigenvalue weighted by molar-refractivity contribution is 9.10. The number of benzene rings is 1. The number of aryl methyl sites for hydroxylation is 1. The van der Waals surface area contributed by atoms with Gasteiger partial charge in [0.2, 0.25) is 0 Å². The lowest BCUT2D eigenvalue weighted by Crippen LogP contribution is -2.35. The molecule has 0 bridgehead atoms. The van der Waals surface area contributed by atoms with Crippen LogP contribution in [0, 0.1) is 6.92 Å². The minimum Gasteiger partial charge on any atom is -0.396 e. The van der Waals surface area contributed by atoms with Crippen molar-refractivity contribution in [1.82, 2.24) is 5.32 Å². The van der Waals surface area contributed by atoms with Crippen molar-refractivity contribution in [3.63, 3.8) is 0 Å². The van der Waals surface area contributed by atoms with Crippen LogP contribution < -0.4 is 11.1 Å². The van der Waals surface area contributed by atoms with Crippen LogP contribution in [-0.2, 0) is 0 Å². The maximum atomic E-state index is 8.84. The van der Waals surface area contributed by atoms with E-state index >= 15 is 0 Å². The van der Waals surface area contributed by atoms with E-state index in [0.717, 1.165) is 17.3 Å². The van der Waals surface area contributed by atoms with Gasteiger partial charge in [-0.15, -0.1) is 0 Å². The molecule has 1 rings (SSSR count). The van der Waals surface area contributed by atoms with Crippen molar-refractivity contribution in [3.05, 3.63) is 33.8 Å². The van der Waals surface area contributed by atoms with E-state index in [1.54, 1.807) is 0 Å². The summed E-state index contributed by atoms with van der Waals surface area (Å²) in [5, 5.41) is 12.4. The number of nitrogens with two attached hydrogens (primary N) is 1. The first kappa shape index (κ1) is 15.6. The number of aliphatic hydroxyl groups excluding tert-OH is 1. The Morgan fingerprint density at radius 1 is 1.44 bits per heavy atom. The van der Waals surface area contributed by atoms with Gasteiger partial charge in [-0.05, 0) is 43.9 Å². The quantitative estimate of drug-likeness (QED) is 0.724. The van der Waals surface area contributed by atoms with E-state index in [-0.39, 0.29) is 12.6 Å². The fourth-order valence-corrected chi connectivity index (χ4v) is 2.79. The van der Waals surface area contributed by atoms with Gasteiger partial charge in [0.25, 0.3) is 0 Å². The van der Waals surface area contributed by atoms with Crippen LogP contribution in [0.5, 0.6) is 0 Å². The van der Waals surface area contributed by atoms with Crippen molar-refractivity contribution < 1.29 is 5.11 Å². The van der Waals surface area contributed by atoms with E-state index in [0.29, 0.717) is 12.6 Å². The second-order valence-electron chi connectivity index (χ2n) is 4.75. The maximum Gasteiger partial charge on any atom is 0.0457 e. The van der Waals surface area contributed by atoms with Gasteiger partial charge in [0.05, 0.1) is 0 Å². The summed E-state index contributed by atoms with van der Waals surface area (Å²) in [4.78, 5) is 0. The van der Waals surface area contributed by atoms with E-state index in [4.69, 9.17) is 10.8 Å². The zero-order valence-electron chi connectivity index (χ0n) is 11.1. The lowest BCUT2D eigenvalue weighted by atomic mass is 10.0. The van der Waals surface area contributed by atoms with Crippen molar-refractivity contribution in [2.45, 2.75) is 38.8 Å². The molecule has 0 saturated heterocycles. The van der Waals surface area contributed by atoms with E-state index in [1.165, 1.54) is 11.1 Å². The van der Waals surface area contributed by atoms with E-state index in [2.05, 4.69) is 53.3 Å². The first-order valence-corrected chi connectivity index (χ1v) is 7.20. The van der Waals surface area contributed by atoms with Crippen LogP contribution in [0.15, 0.2) is 22.7 Å². The molecule has 1 aromatic carbocycles. The summed E-state index contributed by atoms with van der Waals surface area (Å²) in [6, 6.07) is 6.82. The molecular formula is C14H23BrN2O. The predicted molar refractivity (Wildman–Crippen MR) is 79.6 cm³/mol. The van der Waals surface area contributed by atoms with Crippen LogP contribution in [-0.4, -0.2) is 24.3 Å². The van der Waals surface area contributed by atoms with E-state index in [9.17, 15) is 0 Å². The van der Waals surface area contributed by atoms with Crippen molar-refractivity contribution >= 4 is 15.9 Å². The fraction of sp³-hybridized carbons (Fsp3) is 0.571. The largest absolute Gasteiger partial charge is 0.396 e. The monoisotopic (exact) mass is 314 g/mol. The van der Waals surface area contributed by atoms with Gasteiger partial charge >= 0.3 is 0 Å². The Kier molecular flexibility index (Phi) is 6.86. The number of rotatable bonds is 7. The zero-order chi connectivity index (χ0) is 13.5. The Hall–Kier alpha value is -0.420. The zero-order valence-corrected chi connectivity index (χ0v) is 12.7. The molecule has 0 heterocycles. The summed E-state index contributed by atoms with van der Waals surface area (Å²) >= 11 is 3.60. The van der Waals surface area contributed by atoms with Crippen molar-refractivity contribution in [2.24, 2.45) is 5.73 Å². The van der Waals surface area contributed by atoms with Gasteiger partial charge in [0.1, 0.15) is 0 Å². The second-order valence-corrected chi connectivity index (χ2v) is 5.60. The van der Waals surface area contributed by atoms with Crippen LogP contribution in [0.25, 0.3) is 0 Å². The lowest BCUT2D eigenvalue weighted by molar-refractivity contribution is 0.274. The van der Waals surface area contributed by atoms with Crippen molar-refractivity contribution in [3.8, 4) is 0 Å². The molecule has 102 valence electrons. The molecule has 2 atom stereocenters. The van der Waals surface area contributed by atoms with Gasteiger partial charge < -0.3 is 16.2 Å². The summed E-state index contributed by atoms with van der Waals surface area (Å²) in [5.41, 5.74) is 8.28. The highest BCUT2D eigenvalue weighted by atomic mass is 79.9. The summed E-state index contributed by atoms with van der Waals surface area (Å²) in [6.07, 6.45) is 1.77. The minimum atomic E-state index is 0.147. The highest BCUT2D eigenvalue weighted by Gasteiger charge is 2.15. The topological polar surface area (TPSA) is 58.3 Å². The Morgan fingerprint density at radius 3 is 2.72 bits per heavy atom. The second kappa shape index (κ2) is 7.89. The molecule has 0 saturated carbocycles. The van der Waals surface area contributed by atoms with Crippen LogP contribution in [0.2, 0.25) is 0 Å². The molecule has 18 heavy (non-hydrogen) atoms. The summed E-state index contributed by atoms with van der Waals surface area (Å²) < 4.78 is 1.10. The van der Waals surface area contributed by atoms with E-state index < -0.39 is 0 Å². The normalized spacial score (nSPS) is 14.5. The number of halogens is 1. The minimum absolute atomic E-state index is 0.147. The third-order valence-electron chi connectivity index (χ3n) is 3.05. The molecule has 0 aliphatic carbocycles. The van der Waals surface area contributed by atoms with Crippen LogP contribution in [0.4, 0.5) is 0 Å². The van der Waals surface area contributed by atoms with Gasteiger partial charge in [-0.2, -0.15) is 0 Å². The molecule has 0 aromatic heterocycles. The average molecular weight is 315 g/mol. The molecule has 0 fully saturated rings. The highest BCUT2D eigenvalue weighted by Crippen LogP contribution is 2.24. The number of aliphatic hydroxyl groups is 1. The third kappa shape index (κ3) is 4.69. The smallest absolute Gasteiger partial charge is 0.0457 e.